The molecule has 1 amide bonds. The van der Waals surface area contributed by atoms with Crippen molar-refractivity contribution in [3.8, 4) is 0 Å². The molecule has 0 aromatic carbocycles. The molecule has 0 saturated heterocycles. The van der Waals surface area contributed by atoms with E-state index in [1.54, 1.807) is 0 Å². The van der Waals surface area contributed by atoms with Crippen LogP contribution in [0.5, 0.6) is 0 Å². The zero-order valence-electron chi connectivity index (χ0n) is 9.53. The molecule has 1 aromatic heterocycles. The van der Waals surface area contributed by atoms with Crippen molar-refractivity contribution in [2.75, 3.05) is 0 Å². The van der Waals surface area contributed by atoms with E-state index in [9.17, 15) is 4.79 Å². The topological polar surface area (TPSA) is 68.3 Å². The van der Waals surface area contributed by atoms with E-state index in [-0.39, 0.29) is 17.9 Å². The van der Waals surface area contributed by atoms with Crippen molar-refractivity contribution in [3.63, 3.8) is 0 Å². The van der Waals surface area contributed by atoms with Crippen LogP contribution in [-0.2, 0) is 11.3 Å². The Bertz CT molecular complexity index is 373. The predicted octanol–water partition coefficient (Wildman–Crippen LogP) is 1.33. The maximum absolute atomic E-state index is 11.8. The van der Waals surface area contributed by atoms with E-state index in [0.717, 1.165) is 30.8 Å². The highest BCUT2D eigenvalue weighted by molar-refractivity contribution is 5.78. The van der Waals surface area contributed by atoms with E-state index in [0.29, 0.717) is 6.54 Å². The minimum absolute atomic E-state index is 0.0889. The van der Waals surface area contributed by atoms with Crippen LogP contribution in [0.2, 0.25) is 0 Å². The number of carbonyl (C=O) groups excluding carboxylic acids is 1. The fraction of sp³-hybridized carbons (Fsp3) is 0.583. The molecule has 1 fully saturated rings. The first kappa shape index (κ1) is 11.2. The fourth-order valence-electron chi connectivity index (χ4n) is 2.15. The minimum atomic E-state index is 0.0889. The Kier molecular flexibility index (Phi) is 3.29. The van der Waals surface area contributed by atoms with Gasteiger partial charge >= 0.3 is 0 Å². The number of amides is 1. The van der Waals surface area contributed by atoms with E-state index >= 15 is 0 Å². The van der Waals surface area contributed by atoms with Gasteiger partial charge in [-0.1, -0.05) is 0 Å². The van der Waals surface area contributed by atoms with Crippen LogP contribution in [0.25, 0.3) is 0 Å². The normalized spacial score (nSPS) is 24.6. The van der Waals surface area contributed by atoms with Crippen molar-refractivity contribution in [2.24, 2.45) is 11.7 Å². The molecule has 1 aliphatic carbocycles. The first-order chi connectivity index (χ1) is 7.65. The molecule has 1 heterocycles. The number of aryl methyl sites for hydroxylation is 1. The summed E-state index contributed by atoms with van der Waals surface area (Å²) in [5.41, 5.74) is 5.78. The van der Waals surface area contributed by atoms with Gasteiger partial charge in [-0.3, -0.25) is 4.79 Å². The molecule has 16 heavy (non-hydrogen) atoms. The van der Waals surface area contributed by atoms with Gasteiger partial charge < -0.3 is 15.5 Å². The van der Waals surface area contributed by atoms with E-state index in [2.05, 4.69) is 5.32 Å². The van der Waals surface area contributed by atoms with Crippen molar-refractivity contribution in [1.82, 2.24) is 5.32 Å². The number of rotatable bonds is 3. The number of furan rings is 1. The van der Waals surface area contributed by atoms with E-state index in [1.807, 2.05) is 19.1 Å². The van der Waals surface area contributed by atoms with Crippen molar-refractivity contribution in [3.05, 3.63) is 23.7 Å². The Morgan fingerprint density at radius 3 is 2.94 bits per heavy atom. The molecule has 2 atom stereocenters. The van der Waals surface area contributed by atoms with Crippen LogP contribution < -0.4 is 11.1 Å². The average molecular weight is 222 g/mol. The summed E-state index contributed by atoms with van der Waals surface area (Å²) in [4.78, 5) is 11.8. The molecule has 2 unspecified atom stereocenters. The second-order valence-electron chi connectivity index (χ2n) is 4.50. The third-order valence-corrected chi connectivity index (χ3v) is 3.08. The van der Waals surface area contributed by atoms with Crippen molar-refractivity contribution in [1.29, 1.82) is 0 Å². The molecule has 1 saturated carbocycles. The van der Waals surface area contributed by atoms with Gasteiger partial charge in [0.25, 0.3) is 0 Å². The maximum atomic E-state index is 11.8. The maximum Gasteiger partial charge on any atom is 0.223 e. The molecule has 88 valence electrons. The van der Waals surface area contributed by atoms with Gasteiger partial charge in [-0.15, -0.1) is 0 Å². The standard InChI is InChI=1S/C12H18N2O2/c1-8-2-5-11(16-8)7-14-12(15)9-3-4-10(13)6-9/h2,5,9-10H,3-4,6-7,13H2,1H3,(H,14,15). The van der Waals surface area contributed by atoms with Gasteiger partial charge in [0.2, 0.25) is 5.91 Å². The lowest BCUT2D eigenvalue weighted by Gasteiger charge is -2.09. The quantitative estimate of drug-likeness (QED) is 0.810. The van der Waals surface area contributed by atoms with Crippen molar-refractivity contribution in [2.45, 2.75) is 38.8 Å². The van der Waals surface area contributed by atoms with Gasteiger partial charge in [0.05, 0.1) is 6.54 Å². The molecule has 1 aliphatic rings. The van der Waals surface area contributed by atoms with Gasteiger partial charge in [-0.2, -0.15) is 0 Å². The van der Waals surface area contributed by atoms with Crippen LogP contribution >= 0.6 is 0 Å². The largest absolute Gasteiger partial charge is 0.465 e. The number of carbonyl (C=O) groups is 1. The first-order valence-electron chi connectivity index (χ1n) is 5.74. The minimum Gasteiger partial charge on any atom is -0.465 e. The highest BCUT2D eigenvalue weighted by Gasteiger charge is 2.27. The highest BCUT2D eigenvalue weighted by atomic mass is 16.3. The third-order valence-electron chi connectivity index (χ3n) is 3.08. The Labute approximate surface area is 95.2 Å². The van der Waals surface area contributed by atoms with E-state index in [4.69, 9.17) is 10.2 Å². The lowest BCUT2D eigenvalue weighted by Crippen LogP contribution is -2.29. The Hall–Kier alpha value is -1.29. The monoisotopic (exact) mass is 222 g/mol. The molecule has 0 bridgehead atoms. The van der Waals surface area contributed by atoms with E-state index < -0.39 is 0 Å². The average Bonchev–Trinajstić information content (AvgIpc) is 2.84. The molecule has 0 aliphatic heterocycles. The Morgan fingerprint density at radius 1 is 1.56 bits per heavy atom. The lowest BCUT2D eigenvalue weighted by atomic mass is 10.1. The van der Waals surface area contributed by atoms with Gasteiger partial charge in [-0.25, -0.2) is 0 Å². The van der Waals surface area contributed by atoms with Gasteiger partial charge in [0.15, 0.2) is 0 Å². The number of nitrogens with two attached hydrogens (primary N) is 1. The third kappa shape index (κ3) is 2.64. The smallest absolute Gasteiger partial charge is 0.223 e. The summed E-state index contributed by atoms with van der Waals surface area (Å²) < 4.78 is 5.38. The second kappa shape index (κ2) is 4.70. The molecule has 4 heteroatoms. The molecule has 0 radical (unpaired) electrons. The SMILES string of the molecule is Cc1ccc(CNC(=O)C2CCC(N)C2)o1. The van der Waals surface area contributed by atoms with Crippen LogP contribution in [0, 0.1) is 12.8 Å². The van der Waals surface area contributed by atoms with Gasteiger partial charge in [0.1, 0.15) is 11.5 Å². The number of hydrogen-bond acceptors (Lipinski definition) is 3. The Morgan fingerprint density at radius 2 is 2.38 bits per heavy atom. The molecule has 0 spiro atoms. The van der Waals surface area contributed by atoms with Crippen LogP contribution in [-0.4, -0.2) is 11.9 Å². The number of nitrogens with one attached hydrogen (secondary N) is 1. The summed E-state index contributed by atoms with van der Waals surface area (Å²) in [6.45, 7) is 2.36. The van der Waals surface area contributed by atoms with Crippen LogP contribution in [0.1, 0.15) is 30.8 Å². The Balaban J connectivity index is 1.80. The second-order valence-corrected chi connectivity index (χ2v) is 4.50. The number of hydrogen-bond donors (Lipinski definition) is 2. The van der Waals surface area contributed by atoms with E-state index in [1.165, 1.54) is 0 Å². The molecule has 3 N–H and O–H groups in total. The molecule has 1 aromatic rings. The highest BCUT2D eigenvalue weighted by Crippen LogP contribution is 2.24. The molecular weight excluding hydrogens is 204 g/mol. The van der Waals surface area contributed by atoms with Crippen molar-refractivity contribution < 1.29 is 9.21 Å². The molecule has 4 nitrogen and oxygen atoms in total. The van der Waals surface area contributed by atoms with Crippen LogP contribution in [0.15, 0.2) is 16.5 Å². The summed E-state index contributed by atoms with van der Waals surface area (Å²) in [5.74, 6) is 1.85. The summed E-state index contributed by atoms with van der Waals surface area (Å²) in [6, 6.07) is 3.98. The van der Waals surface area contributed by atoms with Crippen LogP contribution in [0.4, 0.5) is 0 Å². The molecule has 2 rings (SSSR count). The first-order valence-corrected chi connectivity index (χ1v) is 5.74. The van der Waals surface area contributed by atoms with Crippen LogP contribution in [0.3, 0.4) is 0 Å². The summed E-state index contributed by atoms with van der Waals surface area (Å²) in [5, 5.41) is 2.89. The zero-order valence-corrected chi connectivity index (χ0v) is 9.53. The summed E-state index contributed by atoms with van der Waals surface area (Å²) >= 11 is 0. The predicted molar refractivity (Wildman–Crippen MR) is 60.6 cm³/mol. The molecular formula is C12H18N2O2. The zero-order chi connectivity index (χ0) is 11.5. The van der Waals surface area contributed by atoms with Gasteiger partial charge in [-0.05, 0) is 38.3 Å². The van der Waals surface area contributed by atoms with Gasteiger partial charge in [0, 0.05) is 12.0 Å². The lowest BCUT2D eigenvalue weighted by molar-refractivity contribution is -0.125. The van der Waals surface area contributed by atoms with Crippen molar-refractivity contribution >= 4 is 5.91 Å². The summed E-state index contributed by atoms with van der Waals surface area (Å²) in [6.07, 6.45) is 2.67. The fourth-order valence-corrected chi connectivity index (χ4v) is 2.15. The summed E-state index contributed by atoms with van der Waals surface area (Å²) in [7, 11) is 0.